The van der Waals surface area contributed by atoms with Crippen molar-refractivity contribution in [3.8, 4) is 0 Å². The summed E-state index contributed by atoms with van der Waals surface area (Å²) in [5, 5.41) is 19.3. The molecule has 58 valence electrons. The Bertz CT molecular complexity index is 32.5. The summed E-state index contributed by atoms with van der Waals surface area (Å²) in [6.07, 6.45) is 0. The predicted molar refractivity (Wildman–Crippen MR) is 38.4 cm³/mol. The van der Waals surface area contributed by atoms with Crippen LogP contribution in [0.25, 0.3) is 0 Å². The predicted octanol–water partition coefficient (Wildman–Crippen LogP) is -0.415. The lowest BCUT2D eigenvalue weighted by Gasteiger charge is -2.06. The number of aliphatic hydroxyl groups excluding tert-OH is 2. The quantitative estimate of drug-likeness (QED) is 0.493. The van der Waals surface area contributed by atoms with Gasteiger partial charge in [0.25, 0.3) is 0 Å². The molecule has 0 bridgehead atoms. The average Bonchev–Trinajstić information content (AvgIpc) is 1.96. The van der Waals surface area contributed by atoms with E-state index in [0.717, 1.165) is 0 Å². The van der Waals surface area contributed by atoms with Crippen molar-refractivity contribution >= 4 is 0 Å². The number of likely N-dealkylation sites (N-methyl/N-ethyl adjacent to an activating group) is 1. The molecule has 0 aliphatic heterocycles. The Labute approximate surface area is 56.7 Å². The van der Waals surface area contributed by atoms with Crippen LogP contribution in [0, 0.1) is 0 Å². The molecule has 0 amide bonds. The topological polar surface area (TPSA) is 52.5 Å². The Kier molecular flexibility index (Phi) is 14.0. The molecule has 0 rings (SSSR count). The largest absolute Gasteiger partial charge is 0.395 e. The van der Waals surface area contributed by atoms with Gasteiger partial charge in [0.05, 0.1) is 19.3 Å². The number of hydrogen-bond donors (Lipinski definition) is 3. The lowest BCUT2D eigenvalue weighted by molar-refractivity contribution is 0.177. The van der Waals surface area contributed by atoms with Crippen molar-refractivity contribution < 1.29 is 10.2 Å². The minimum absolute atomic E-state index is 0.00694. The Balaban J connectivity index is 0. The molecule has 0 saturated carbocycles. The first-order valence-electron chi connectivity index (χ1n) is 3.24. The first-order valence-corrected chi connectivity index (χ1v) is 3.24. The highest BCUT2D eigenvalue weighted by atomic mass is 16.3. The van der Waals surface area contributed by atoms with E-state index in [-0.39, 0.29) is 19.3 Å². The van der Waals surface area contributed by atoms with E-state index >= 15 is 0 Å². The first-order chi connectivity index (χ1) is 4.35. The molecular formula is C6H17NO2. The zero-order chi connectivity index (χ0) is 7.70. The smallest absolute Gasteiger partial charge is 0.0607 e. The van der Waals surface area contributed by atoms with Crippen LogP contribution >= 0.6 is 0 Å². The third-order valence-corrected chi connectivity index (χ3v) is 0.849. The zero-order valence-corrected chi connectivity index (χ0v) is 6.39. The van der Waals surface area contributed by atoms with Gasteiger partial charge in [0.1, 0.15) is 0 Å². The molecule has 0 heterocycles. The summed E-state index contributed by atoms with van der Waals surface area (Å²) in [6.45, 7) is 3.99. The summed E-state index contributed by atoms with van der Waals surface area (Å²) in [6, 6.07) is -0.153. The van der Waals surface area contributed by atoms with Crippen LogP contribution in [0.15, 0.2) is 0 Å². The van der Waals surface area contributed by atoms with Crippen molar-refractivity contribution in [2.75, 3.05) is 20.3 Å². The number of hydrogen-bond acceptors (Lipinski definition) is 3. The van der Waals surface area contributed by atoms with Crippen molar-refractivity contribution in [2.24, 2.45) is 0 Å². The van der Waals surface area contributed by atoms with Gasteiger partial charge in [-0.3, -0.25) is 0 Å². The lowest BCUT2D eigenvalue weighted by atomic mass is 10.3. The van der Waals surface area contributed by atoms with Gasteiger partial charge in [-0.2, -0.15) is 0 Å². The Morgan fingerprint density at radius 3 is 1.56 bits per heavy atom. The summed E-state index contributed by atoms with van der Waals surface area (Å²) in [5.74, 6) is 0. The maximum absolute atomic E-state index is 8.30. The van der Waals surface area contributed by atoms with Crippen molar-refractivity contribution in [2.45, 2.75) is 19.9 Å². The van der Waals surface area contributed by atoms with E-state index in [9.17, 15) is 0 Å². The molecule has 3 N–H and O–H groups in total. The molecule has 0 aromatic rings. The highest BCUT2D eigenvalue weighted by Gasteiger charge is 1.97. The third-order valence-electron chi connectivity index (χ3n) is 0.849. The van der Waals surface area contributed by atoms with E-state index in [4.69, 9.17) is 10.2 Å². The van der Waals surface area contributed by atoms with Gasteiger partial charge in [-0.1, -0.05) is 13.8 Å². The Morgan fingerprint density at radius 1 is 1.22 bits per heavy atom. The van der Waals surface area contributed by atoms with Gasteiger partial charge in [-0.25, -0.2) is 0 Å². The molecule has 0 spiro atoms. The fourth-order valence-electron chi connectivity index (χ4n) is 0.240. The number of aliphatic hydroxyl groups is 2. The molecule has 0 aliphatic rings. The standard InChI is InChI=1S/C4H11NO2.C2H6/c1-5-4(2-6)3-7;1-2/h4-7H,2-3H2,1H3;1-2H3. The van der Waals surface area contributed by atoms with E-state index in [0.29, 0.717) is 0 Å². The lowest BCUT2D eigenvalue weighted by Crippen LogP contribution is -2.32. The summed E-state index contributed by atoms with van der Waals surface area (Å²) in [4.78, 5) is 0. The molecule has 0 atom stereocenters. The third kappa shape index (κ3) is 7.88. The molecule has 3 heteroatoms. The second-order valence-corrected chi connectivity index (χ2v) is 1.35. The SMILES string of the molecule is CC.CNC(CO)CO. The van der Waals surface area contributed by atoms with Crippen LogP contribution in [-0.4, -0.2) is 36.5 Å². The average molecular weight is 135 g/mol. The molecule has 3 nitrogen and oxygen atoms in total. The number of rotatable bonds is 3. The van der Waals surface area contributed by atoms with Gasteiger partial charge in [0.15, 0.2) is 0 Å². The van der Waals surface area contributed by atoms with Gasteiger partial charge in [0.2, 0.25) is 0 Å². The fraction of sp³-hybridized carbons (Fsp3) is 1.00. The molecule has 0 aromatic carbocycles. The van der Waals surface area contributed by atoms with Crippen molar-refractivity contribution in [1.82, 2.24) is 5.32 Å². The molecule has 0 aliphatic carbocycles. The van der Waals surface area contributed by atoms with Gasteiger partial charge < -0.3 is 15.5 Å². The van der Waals surface area contributed by atoms with Crippen molar-refractivity contribution in [3.63, 3.8) is 0 Å². The van der Waals surface area contributed by atoms with E-state index in [1.165, 1.54) is 0 Å². The van der Waals surface area contributed by atoms with E-state index in [1.807, 2.05) is 13.8 Å². The molecule has 0 fully saturated rings. The molecule has 9 heavy (non-hydrogen) atoms. The molecule has 0 unspecified atom stereocenters. The van der Waals surface area contributed by atoms with Gasteiger partial charge in [0, 0.05) is 0 Å². The zero-order valence-electron chi connectivity index (χ0n) is 6.39. The van der Waals surface area contributed by atoms with Gasteiger partial charge in [-0.05, 0) is 7.05 Å². The fourth-order valence-corrected chi connectivity index (χ4v) is 0.240. The van der Waals surface area contributed by atoms with Crippen LogP contribution in [0.4, 0.5) is 0 Å². The van der Waals surface area contributed by atoms with E-state index in [2.05, 4.69) is 5.32 Å². The maximum Gasteiger partial charge on any atom is 0.0607 e. The molecule has 0 radical (unpaired) electrons. The van der Waals surface area contributed by atoms with Crippen LogP contribution in [0.3, 0.4) is 0 Å². The van der Waals surface area contributed by atoms with Gasteiger partial charge in [-0.15, -0.1) is 0 Å². The highest BCUT2D eigenvalue weighted by molar-refractivity contribution is 4.57. The highest BCUT2D eigenvalue weighted by Crippen LogP contribution is 1.72. The van der Waals surface area contributed by atoms with E-state index in [1.54, 1.807) is 7.05 Å². The maximum atomic E-state index is 8.30. The molecule has 0 aromatic heterocycles. The minimum Gasteiger partial charge on any atom is -0.395 e. The monoisotopic (exact) mass is 135 g/mol. The van der Waals surface area contributed by atoms with Crippen LogP contribution in [-0.2, 0) is 0 Å². The van der Waals surface area contributed by atoms with Crippen molar-refractivity contribution in [1.29, 1.82) is 0 Å². The Morgan fingerprint density at radius 2 is 1.56 bits per heavy atom. The minimum atomic E-state index is -0.153. The van der Waals surface area contributed by atoms with Gasteiger partial charge >= 0.3 is 0 Å². The molecular weight excluding hydrogens is 118 g/mol. The Hall–Kier alpha value is -0.120. The number of nitrogens with one attached hydrogen (secondary N) is 1. The van der Waals surface area contributed by atoms with Crippen LogP contribution in [0.2, 0.25) is 0 Å². The van der Waals surface area contributed by atoms with Crippen LogP contribution in [0.5, 0.6) is 0 Å². The summed E-state index contributed by atoms with van der Waals surface area (Å²) in [7, 11) is 1.69. The molecule has 0 saturated heterocycles. The van der Waals surface area contributed by atoms with Crippen LogP contribution in [0.1, 0.15) is 13.8 Å². The normalized spacial score (nSPS) is 8.67. The van der Waals surface area contributed by atoms with Crippen molar-refractivity contribution in [3.05, 3.63) is 0 Å². The summed E-state index contributed by atoms with van der Waals surface area (Å²) < 4.78 is 0. The second kappa shape index (κ2) is 10.8. The first kappa shape index (κ1) is 11.6. The second-order valence-electron chi connectivity index (χ2n) is 1.35. The summed E-state index contributed by atoms with van der Waals surface area (Å²) in [5.41, 5.74) is 0. The van der Waals surface area contributed by atoms with Crippen LogP contribution < -0.4 is 5.32 Å². The van der Waals surface area contributed by atoms with E-state index < -0.39 is 0 Å². The summed E-state index contributed by atoms with van der Waals surface area (Å²) >= 11 is 0.